The highest BCUT2D eigenvalue weighted by molar-refractivity contribution is 5.94. The minimum Gasteiger partial charge on any atom is -0.494 e. The van der Waals surface area contributed by atoms with Crippen LogP contribution in [0.3, 0.4) is 0 Å². The summed E-state index contributed by atoms with van der Waals surface area (Å²) < 4.78 is 18.4. The number of methoxy groups -OCH3 is 1. The van der Waals surface area contributed by atoms with E-state index >= 15 is 0 Å². The van der Waals surface area contributed by atoms with Gasteiger partial charge in [-0.25, -0.2) is 4.39 Å². The largest absolute Gasteiger partial charge is 0.494 e. The lowest BCUT2D eigenvalue weighted by atomic mass is 9.86. The number of halogens is 1. The van der Waals surface area contributed by atoms with Gasteiger partial charge in [-0.3, -0.25) is 4.79 Å². The molecule has 1 saturated carbocycles. The van der Waals surface area contributed by atoms with E-state index in [0.29, 0.717) is 11.5 Å². The molecule has 1 N–H and O–H groups in total. The Labute approximate surface area is 113 Å². The Hall–Kier alpha value is -1.58. The Morgan fingerprint density at radius 2 is 2.11 bits per heavy atom. The molecule has 0 spiro atoms. The number of hydrogen-bond acceptors (Lipinski definition) is 2. The van der Waals surface area contributed by atoms with Crippen molar-refractivity contribution in [1.82, 2.24) is 5.32 Å². The normalized spacial score (nSPS) is 22.9. The van der Waals surface area contributed by atoms with Crippen LogP contribution in [0.25, 0.3) is 0 Å². The van der Waals surface area contributed by atoms with Crippen LogP contribution >= 0.6 is 0 Å². The molecule has 0 saturated heterocycles. The maximum atomic E-state index is 13.6. The number of carbonyl (C=O) groups excluding carboxylic acids is 1. The van der Waals surface area contributed by atoms with Crippen LogP contribution in [-0.2, 0) is 0 Å². The molecule has 104 valence electrons. The molecule has 2 atom stereocenters. The monoisotopic (exact) mass is 265 g/mol. The predicted octanol–water partition coefficient (Wildman–Crippen LogP) is 3.14. The first-order valence-electron chi connectivity index (χ1n) is 6.76. The second kappa shape index (κ2) is 6.04. The third-order valence-electron chi connectivity index (χ3n) is 3.84. The van der Waals surface area contributed by atoms with Crippen LogP contribution in [0.4, 0.5) is 4.39 Å². The zero-order valence-corrected chi connectivity index (χ0v) is 11.4. The van der Waals surface area contributed by atoms with E-state index < -0.39 is 5.82 Å². The van der Waals surface area contributed by atoms with Gasteiger partial charge in [0.15, 0.2) is 11.6 Å². The van der Waals surface area contributed by atoms with Crippen molar-refractivity contribution in [3.05, 3.63) is 29.6 Å². The van der Waals surface area contributed by atoms with Gasteiger partial charge in [0.1, 0.15) is 0 Å². The van der Waals surface area contributed by atoms with E-state index in [1.807, 2.05) is 0 Å². The Balaban J connectivity index is 2.05. The summed E-state index contributed by atoms with van der Waals surface area (Å²) in [6.45, 7) is 2.15. The first-order valence-corrected chi connectivity index (χ1v) is 6.76. The highest BCUT2D eigenvalue weighted by Crippen LogP contribution is 2.24. The van der Waals surface area contributed by atoms with Gasteiger partial charge in [0.2, 0.25) is 0 Å². The van der Waals surface area contributed by atoms with Crippen molar-refractivity contribution in [2.24, 2.45) is 5.92 Å². The summed E-state index contributed by atoms with van der Waals surface area (Å²) >= 11 is 0. The second-order valence-electron chi connectivity index (χ2n) is 5.19. The summed E-state index contributed by atoms with van der Waals surface area (Å²) in [6.07, 6.45) is 4.52. The Bertz CT molecular complexity index is 461. The molecule has 1 aliphatic rings. The first kappa shape index (κ1) is 13.8. The number of ether oxygens (including phenoxy) is 1. The van der Waals surface area contributed by atoms with Crippen molar-refractivity contribution in [2.45, 2.75) is 38.6 Å². The molecular formula is C15H20FNO2. The highest BCUT2D eigenvalue weighted by Gasteiger charge is 2.23. The van der Waals surface area contributed by atoms with Gasteiger partial charge in [0.25, 0.3) is 5.91 Å². The number of rotatable bonds is 3. The van der Waals surface area contributed by atoms with Gasteiger partial charge in [-0.2, -0.15) is 0 Å². The summed E-state index contributed by atoms with van der Waals surface area (Å²) in [7, 11) is 1.40. The molecule has 1 amide bonds. The molecule has 1 fully saturated rings. The molecule has 0 aliphatic heterocycles. The van der Waals surface area contributed by atoms with Crippen molar-refractivity contribution in [3.8, 4) is 5.75 Å². The molecule has 1 aromatic carbocycles. The lowest BCUT2D eigenvalue weighted by Crippen LogP contribution is -2.41. The van der Waals surface area contributed by atoms with Gasteiger partial charge in [-0.1, -0.05) is 19.8 Å². The molecule has 4 heteroatoms. The van der Waals surface area contributed by atoms with Gasteiger partial charge in [-0.15, -0.1) is 0 Å². The van der Waals surface area contributed by atoms with Gasteiger partial charge < -0.3 is 10.1 Å². The van der Waals surface area contributed by atoms with E-state index in [4.69, 9.17) is 4.74 Å². The number of hydrogen-bond donors (Lipinski definition) is 1. The summed E-state index contributed by atoms with van der Waals surface area (Å²) in [5.41, 5.74) is 0.344. The zero-order valence-electron chi connectivity index (χ0n) is 11.4. The molecule has 0 heterocycles. The molecule has 2 rings (SSSR count). The van der Waals surface area contributed by atoms with Crippen LogP contribution in [-0.4, -0.2) is 19.1 Å². The molecule has 0 radical (unpaired) electrons. The highest BCUT2D eigenvalue weighted by atomic mass is 19.1. The fourth-order valence-corrected chi connectivity index (χ4v) is 2.59. The topological polar surface area (TPSA) is 38.3 Å². The molecule has 0 bridgehead atoms. The number of carbonyl (C=O) groups is 1. The average Bonchev–Trinajstić information content (AvgIpc) is 2.41. The summed E-state index contributed by atoms with van der Waals surface area (Å²) in [4.78, 5) is 12.1. The summed E-state index contributed by atoms with van der Waals surface area (Å²) in [5.74, 6) is -0.0736. The van der Waals surface area contributed by atoms with Crippen LogP contribution in [0.5, 0.6) is 5.75 Å². The molecule has 0 aromatic heterocycles. The van der Waals surface area contributed by atoms with Gasteiger partial charge in [0, 0.05) is 11.6 Å². The molecule has 19 heavy (non-hydrogen) atoms. The maximum absolute atomic E-state index is 13.6. The summed E-state index contributed by atoms with van der Waals surface area (Å²) in [6, 6.07) is 4.49. The van der Waals surface area contributed by atoms with Crippen LogP contribution in [0, 0.1) is 11.7 Å². The number of nitrogens with one attached hydrogen (secondary N) is 1. The van der Waals surface area contributed by atoms with Gasteiger partial charge in [-0.05, 0) is 37.0 Å². The van der Waals surface area contributed by atoms with Gasteiger partial charge >= 0.3 is 0 Å². The van der Waals surface area contributed by atoms with Crippen molar-refractivity contribution in [1.29, 1.82) is 0 Å². The van der Waals surface area contributed by atoms with Crippen LogP contribution < -0.4 is 10.1 Å². The van der Waals surface area contributed by atoms with E-state index in [0.717, 1.165) is 19.3 Å². The van der Waals surface area contributed by atoms with Crippen molar-refractivity contribution in [2.75, 3.05) is 7.11 Å². The Kier molecular flexibility index (Phi) is 4.40. The number of benzene rings is 1. The van der Waals surface area contributed by atoms with Crippen molar-refractivity contribution < 1.29 is 13.9 Å². The SMILES string of the molecule is COc1ccc(C(=O)NC2CCCCC2C)cc1F. The van der Waals surface area contributed by atoms with E-state index in [-0.39, 0.29) is 17.7 Å². The lowest BCUT2D eigenvalue weighted by Gasteiger charge is -2.29. The van der Waals surface area contributed by atoms with Crippen molar-refractivity contribution >= 4 is 5.91 Å². The van der Waals surface area contributed by atoms with Crippen LogP contribution in [0.2, 0.25) is 0 Å². The fraction of sp³-hybridized carbons (Fsp3) is 0.533. The van der Waals surface area contributed by atoms with E-state index in [1.165, 1.54) is 25.7 Å². The standard InChI is InChI=1S/C15H20FNO2/c1-10-5-3-4-6-13(10)17-15(18)11-7-8-14(19-2)12(16)9-11/h7-10,13H,3-6H2,1-2H3,(H,17,18). The maximum Gasteiger partial charge on any atom is 0.251 e. The first-order chi connectivity index (χ1) is 9.11. The fourth-order valence-electron chi connectivity index (χ4n) is 2.59. The van der Waals surface area contributed by atoms with E-state index in [1.54, 1.807) is 6.07 Å². The quantitative estimate of drug-likeness (QED) is 0.911. The second-order valence-corrected chi connectivity index (χ2v) is 5.19. The molecule has 2 unspecified atom stereocenters. The zero-order chi connectivity index (χ0) is 13.8. The van der Waals surface area contributed by atoms with Crippen LogP contribution in [0.1, 0.15) is 43.0 Å². The molecule has 1 aliphatic carbocycles. The van der Waals surface area contributed by atoms with Crippen molar-refractivity contribution in [3.63, 3.8) is 0 Å². The average molecular weight is 265 g/mol. The Morgan fingerprint density at radius 1 is 1.37 bits per heavy atom. The molecular weight excluding hydrogens is 245 g/mol. The van der Waals surface area contributed by atoms with E-state index in [2.05, 4.69) is 12.2 Å². The number of amides is 1. The molecule has 3 nitrogen and oxygen atoms in total. The predicted molar refractivity (Wildman–Crippen MR) is 71.8 cm³/mol. The smallest absolute Gasteiger partial charge is 0.251 e. The van der Waals surface area contributed by atoms with Crippen LogP contribution in [0.15, 0.2) is 18.2 Å². The minimum absolute atomic E-state index is 0.155. The van der Waals surface area contributed by atoms with E-state index in [9.17, 15) is 9.18 Å². The third kappa shape index (κ3) is 3.25. The Morgan fingerprint density at radius 3 is 2.74 bits per heavy atom. The van der Waals surface area contributed by atoms with Gasteiger partial charge in [0.05, 0.1) is 7.11 Å². The molecule has 1 aromatic rings. The third-order valence-corrected chi connectivity index (χ3v) is 3.84. The minimum atomic E-state index is -0.508. The lowest BCUT2D eigenvalue weighted by molar-refractivity contribution is 0.0909. The summed E-state index contributed by atoms with van der Waals surface area (Å²) in [5, 5.41) is 3.00.